The molecule has 0 amide bonds. The molecule has 4 rings (SSSR count). The van der Waals surface area contributed by atoms with Crippen LogP contribution in [0.15, 0.2) is 61.6 Å². The van der Waals surface area contributed by atoms with E-state index in [-0.39, 0.29) is 12.1 Å². The molecule has 2 aromatic heterocycles. The second-order valence-corrected chi connectivity index (χ2v) is 7.37. The maximum absolute atomic E-state index is 6.08. The Morgan fingerprint density at radius 2 is 2.07 bits per heavy atom. The van der Waals surface area contributed by atoms with Crippen LogP contribution in [-0.4, -0.2) is 44.5 Å². The van der Waals surface area contributed by atoms with Crippen molar-refractivity contribution in [2.45, 2.75) is 31.8 Å². The summed E-state index contributed by atoms with van der Waals surface area (Å²) in [7, 11) is 0. The maximum atomic E-state index is 6.08. The summed E-state index contributed by atoms with van der Waals surface area (Å²) >= 11 is 1.38. The zero-order valence-electron chi connectivity index (χ0n) is 16.0. The number of ether oxygens (including phenoxy) is 3. The van der Waals surface area contributed by atoms with Crippen LogP contribution in [0.5, 0.6) is 0 Å². The average molecular weight is 414 g/mol. The van der Waals surface area contributed by atoms with Gasteiger partial charge in [-0.3, -0.25) is 4.57 Å². The summed E-state index contributed by atoms with van der Waals surface area (Å²) in [5, 5.41) is 4.35. The van der Waals surface area contributed by atoms with Crippen LogP contribution in [-0.2, 0) is 20.6 Å². The van der Waals surface area contributed by atoms with Gasteiger partial charge in [0.1, 0.15) is 30.0 Å². The van der Waals surface area contributed by atoms with Gasteiger partial charge in [0.2, 0.25) is 5.95 Å². The molecule has 3 heterocycles. The van der Waals surface area contributed by atoms with Gasteiger partial charge >= 0.3 is 0 Å². The van der Waals surface area contributed by atoms with Crippen molar-refractivity contribution in [2.24, 2.45) is 0 Å². The third kappa shape index (κ3) is 5.20. The highest BCUT2D eigenvalue weighted by atomic mass is 32.1. The number of imidazole rings is 1. The Kier molecular flexibility index (Phi) is 6.50. The Bertz CT molecular complexity index is 892. The summed E-state index contributed by atoms with van der Waals surface area (Å²) < 4.78 is 23.3. The van der Waals surface area contributed by atoms with Crippen LogP contribution >= 0.6 is 11.5 Å². The highest BCUT2D eigenvalue weighted by Crippen LogP contribution is 2.18. The molecule has 1 aromatic carbocycles. The summed E-state index contributed by atoms with van der Waals surface area (Å²) in [6.07, 6.45) is 8.43. The van der Waals surface area contributed by atoms with Crippen molar-refractivity contribution >= 4 is 11.5 Å². The third-order valence-electron chi connectivity index (χ3n) is 4.49. The van der Waals surface area contributed by atoms with Gasteiger partial charge in [-0.2, -0.15) is 4.37 Å². The fraction of sp³-hybridized carbons (Fsp3) is 0.350. The average Bonchev–Trinajstić information content (AvgIpc) is 3.51. The molecule has 0 spiro atoms. The molecule has 1 aliphatic heterocycles. The monoisotopic (exact) mass is 413 g/mol. The van der Waals surface area contributed by atoms with Crippen molar-refractivity contribution in [3.8, 4) is 5.95 Å². The van der Waals surface area contributed by atoms with Crippen LogP contribution in [0.25, 0.3) is 5.95 Å². The molecule has 0 bridgehead atoms. The second-order valence-electron chi connectivity index (χ2n) is 6.59. The molecule has 0 aliphatic carbocycles. The molecular formula is C20H23N5O3S. The first-order chi connectivity index (χ1) is 14.3. The lowest BCUT2D eigenvalue weighted by atomic mass is 10.1. The smallest absolute Gasteiger partial charge is 0.266 e. The van der Waals surface area contributed by atoms with E-state index in [2.05, 4.69) is 38.7 Å². The quantitative estimate of drug-likeness (QED) is 0.512. The highest BCUT2D eigenvalue weighted by Gasteiger charge is 2.27. The van der Waals surface area contributed by atoms with E-state index < -0.39 is 6.29 Å². The van der Waals surface area contributed by atoms with Crippen molar-refractivity contribution in [3.05, 3.63) is 72.1 Å². The van der Waals surface area contributed by atoms with E-state index in [1.165, 1.54) is 17.1 Å². The van der Waals surface area contributed by atoms with Crippen LogP contribution < -0.4 is 5.32 Å². The lowest BCUT2D eigenvalue weighted by Gasteiger charge is -2.23. The minimum atomic E-state index is -0.423. The molecule has 8 nitrogen and oxygen atoms in total. The van der Waals surface area contributed by atoms with E-state index in [9.17, 15) is 0 Å². The highest BCUT2D eigenvalue weighted by molar-refractivity contribution is 7.05. The van der Waals surface area contributed by atoms with Crippen molar-refractivity contribution in [1.82, 2.24) is 24.2 Å². The first-order valence-corrected chi connectivity index (χ1v) is 10.2. The number of nitrogens with zero attached hydrogens (tertiary/aromatic N) is 4. The summed E-state index contributed by atoms with van der Waals surface area (Å²) in [5.74, 6) is 0.637. The molecule has 1 N–H and O–H groups in total. The normalized spacial score (nSPS) is 15.8. The predicted octanol–water partition coefficient (Wildman–Crippen LogP) is 2.85. The minimum absolute atomic E-state index is 0.0709. The Morgan fingerprint density at radius 1 is 1.24 bits per heavy atom. The number of benzene rings is 1. The molecule has 2 atom stereocenters. The Hall–Kier alpha value is -2.75. The molecular weight excluding hydrogens is 390 g/mol. The second kappa shape index (κ2) is 9.64. The number of hydrogen-bond acceptors (Lipinski definition) is 8. The largest absolute Gasteiger partial charge is 0.457 e. The number of rotatable bonds is 10. The van der Waals surface area contributed by atoms with Gasteiger partial charge in [-0.15, -0.1) is 0 Å². The molecule has 29 heavy (non-hydrogen) atoms. The van der Waals surface area contributed by atoms with Crippen LogP contribution in [0.2, 0.25) is 0 Å². The molecule has 0 fully saturated rings. The van der Waals surface area contributed by atoms with E-state index >= 15 is 0 Å². The van der Waals surface area contributed by atoms with E-state index in [1.807, 2.05) is 24.4 Å². The first-order valence-electron chi connectivity index (χ1n) is 9.46. The van der Waals surface area contributed by atoms with Gasteiger partial charge in [0, 0.05) is 25.4 Å². The van der Waals surface area contributed by atoms with Gasteiger partial charge in [0.25, 0.3) is 6.29 Å². The van der Waals surface area contributed by atoms with Crippen LogP contribution in [0.4, 0.5) is 0 Å². The molecule has 0 radical (unpaired) electrons. The Labute approximate surface area is 173 Å². The molecule has 152 valence electrons. The van der Waals surface area contributed by atoms with Crippen LogP contribution in [0.3, 0.4) is 0 Å². The first kappa shape index (κ1) is 19.6. The van der Waals surface area contributed by atoms with Gasteiger partial charge in [0.05, 0.1) is 12.6 Å². The SMILES string of the molecule is CC(NCCOC(Cc1ccccc1)C1OC=CO1)c1nc(-n2ccnc2)ns1. The van der Waals surface area contributed by atoms with Crippen molar-refractivity contribution in [3.63, 3.8) is 0 Å². The Morgan fingerprint density at radius 3 is 2.83 bits per heavy atom. The fourth-order valence-corrected chi connectivity index (χ4v) is 3.64. The Balaban J connectivity index is 1.26. The third-order valence-corrected chi connectivity index (χ3v) is 5.37. The zero-order valence-corrected chi connectivity index (χ0v) is 16.9. The van der Waals surface area contributed by atoms with Gasteiger partial charge in [0.15, 0.2) is 0 Å². The summed E-state index contributed by atoms with van der Waals surface area (Å²) in [6, 6.07) is 10.3. The number of aromatic nitrogens is 4. The van der Waals surface area contributed by atoms with E-state index in [0.717, 1.165) is 5.01 Å². The van der Waals surface area contributed by atoms with Gasteiger partial charge in [-0.1, -0.05) is 30.3 Å². The van der Waals surface area contributed by atoms with Gasteiger partial charge in [-0.05, 0) is 24.0 Å². The molecule has 0 saturated heterocycles. The topological polar surface area (TPSA) is 83.3 Å². The predicted molar refractivity (Wildman–Crippen MR) is 108 cm³/mol. The summed E-state index contributed by atoms with van der Waals surface area (Å²) in [5.41, 5.74) is 1.18. The standard InChI is InChI=1S/C20H23N5O3S/c1-15(18-23-20(24-29-18)25-9-7-21-14-25)22-8-10-26-17(19-27-11-12-28-19)13-16-5-3-2-4-6-16/h2-7,9,11-12,14-15,17,19,22H,8,10,13H2,1H3. The zero-order chi connectivity index (χ0) is 19.9. The van der Waals surface area contributed by atoms with Crippen LogP contribution in [0, 0.1) is 0 Å². The van der Waals surface area contributed by atoms with Crippen molar-refractivity contribution < 1.29 is 14.2 Å². The summed E-state index contributed by atoms with van der Waals surface area (Å²) in [4.78, 5) is 8.59. The van der Waals surface area contributed by atoms with E-state index in [0.29, 0.717) is 25.5 Å². The number of nitrogens with one attached hydrogen (secondary N) is 1. The molecule has 1 aliphatic rings. The van der Waals surface area contributed by atoms with Crippen LogP contribution in [0.1, 0.15) is 23.5 Å². The fourth-order valence-electron chi connectivity index (χ4n) is 2.96. The lowest BCUT2D eigenvalue weighted by Crippen LogP contribution is -2.34. The van der Waals surface area contributed by atoms with Crippen molar-refractivity contribution in [2.75, 3.05) is 13.2 Å². The molecule has 9 heteroatoms. The van der Waals surface area contributed by atoms with E-state index in [1.54, 1.807) is 29.6 Å². The maximum Gasteiger partial charge on any atom is 0.266 e. The summed E-state index contributed by atoms with van der Waals surface area (Å²) in [6.45, 7) is 3.26. The lowest BCUT2D eigenvalue weighted by molar-refractivity contribution is -0.131. The molecule has 2 unspecified atom stereocenters. The van der Waals surface area contributed by atoms with E-state index in [4.69, 9.17) is 14.2 Å². The van der Waals surface area contributed by atoms with Gasteiger partial charge < -0.3 is 19.5 Å². The van der Waals surface area contributed by atoms with Gasteiger partial charge in [-0.25, -0.2) is 9.97 Å². The number of hydrogen-bond donors (Lipinski definition) is 1. The van der Waals surface area contributed by atoms with Crippen molar-refractivity contribution in [1.29, 1.82) is 0 Å². The molecule has 0 saturated carbocycles. The minimum Gasteiger partial charge on any atom is -0.457 e. The molecule has 3 aromatic rings.